The van der Waals surface area contributed by atoms with E-state index in [2.05, 4.69) is 11.9 Å². The van der Waals surface area contributed by atoms with Gasteiger partial charge in [0.15, 0.2) is 5.76 Å². The number of amides is 1. The van der Waals surface area contributed by atoms with Gasteiger partial charge in [-0.3, -0.25) is 9.69 Å². The predicted octanol–water partition coefficient (Wildman–Crippen LogP) is 3.57. The van der Waals surface area contributed by atoms with E-state index < -0.39 is 12.1 Å². The molecule has 0 radical (unpaired) electrons. The van der Waals surface area contributed by atoms with Crippen LogP contribution in [0, 0.1) is 12.8 Å². The van der Waals surface area contributed by atoms with Gasteiger partial charge in [-0.25, -0.2) is 4.79 Å². The molecule has 0 unspecified atom stereocenters. The molecule has 0 spiro atoms. The van der Waals surface area contributed by atoms with Crippen LogP contribution < -0.4 is 0 Å². The summed E-state index contributed by atoms with van der Waals surface area (Å²) in [6.07, 6.45) is -1.08. The molecule has 4 heterocycles. The lowest BCUT2D eigenvalue weighted by Gasteiger charge is -2.48. The van der Waals surface area contributed by atoms with Crippen molar-refractivity contribution in [1.29, 1.82) is 0 Å². The first-order valence-electron chi connectivity index (χ1n) is 10.6. The van der Waals surface area contributed by atoms with Gasteiger partial charge in [0.1, 0.15) is 11.5 Å². The number of carboxylic acids is 1. The fourth-order valence-electron chi connectivity index (χ4n) is 4.20. The minimum Gasteiger partial charge on any atom is -0.475 e. The first kappa shape index (κ1) is 24.8. The van der Waals surface area contributed by atoms with E-state index >= 15 is 0 Å². The summed E-state index contributed by atoms with van der Waals surface area (Å²) in [6.45, 7) is 4.73. The third kappa shape index (κ3) is 6.38. The van der Waals surface area contributed by atoms with E-state index in [1.54, 1.807) is 12.3 Å². The zero-order valence-corrected chi connectivity index (χ0v) is 18.4. The molecule has 0 saturated carbocycles. The van der Waals surface area contributed by atoms with Crippen molar-refractivity contribution in [3.63, 3.8) is 0 Å². The van der Waals surface area contributed by atoms with Gasteiger partial charge in [0.2, 0.25) is 0 Å². The maximum Gasteiger partial charge on any atom is 0.490 e. The van der Waals surface area contributed by atoms with E-state index in [9.17, 15) is 18.0 Å². The van der Waals surface area contributed by atoms with Crippen LogP contribution in [0.25, 0.3) is 0 Å². The highest BCUT2D eigenvalue weighted by Crippen LogP contribution is 2.32. The minimum atomic E-state index is -5.08. The average Bonchev–Trinajstić information content (AvgIpc) is 3.44. The molecule has 0 aromatic carbocycles. The van der Waals surface area contributed by atoms with Crippen molar-refractivity contribution in [3.05, 3.63) is 47.8 Å². The molecule has 2 aliphatic heterocycles. The summed E-state index contributed by atoms with van der Waals surface area (Å²) in [4.78, 5) is 26.0. The number of aliphatic carboxylic acids is 1. The largest absolute Gasteiger partial charge is 0.490 e. The van der Waals surface area contributed by atoms with Crippen LogP contribution in [0.3, 0.4) is 0 Å². The van der Waals surface area contributed by atoms with Gasteiger partial charge in [-0.05, 0) is 51.1 Å². The SMILES string of the molecule is Cc1ccc(C(=O)N2C[C@@H]3CCCO[C@@H]3[C@H](N(C)Cc3ccco3)C2)o1.O=C(O)C(F)(F)F. The summed E-state index contributed by atoms with van der Waals surface area (Å²) >= 11 is 0. The van der Waals surface area contributed by atoms with Crippen LogP contribution in [0.1, 0.15) is 34.9 Å². The van der Waals surface area contributed by atoms with Crippen molar-refractivity contribution in [2.45, 2.75) is 44.6 Å². The molecule has 1 amide bonds. The molecule has 2 aromatic heterocycles. The topological polar surface area (TPSA) is 96.4 Å². The fourth-order valence-corrected chi connectivity index (χ4v) is 4.20. The molecule has 1 N–H and O–H groups in total. The van der Waals surface area contributed by atoms with Crippen LogP contribution in [0.2, 0.25) is 0 Å². The molecule has 0 aliphatic carbocycles. The van der Waals surface area contributed by atoms with E-state index in [-0.39, 0.29) is 18.1 Å². The number of halogens is 3. The standard InChI is InChI=1S/C20H26N2O4.C2HF3O2/c1-14-7-8-18(26-14)20(23)22-11-15-5-3-10-25-19(15)17(13-22)21(2)12-16-6-4-9-24-16;3-2(4,5)1(6)7/h4,6-9,15,17,19H,3,5,10-13H2,1-2H3;(H,6,7)/t15-,17+,19-;/m0./s1. The number of nitrogens with zero attached hydrogens (tertiary/aromatic N) is 2. The number of aryl methyl sites for hydroxylation is 1. The molecule has 8 nitrogen and oxygen atoms in total. The number of carbonyl (C=O) groups is 2. The molecule has 2 fully saturated rings. The second-order valence-corrected chi connectivity index (χ2v) is 8.22. The van der Waals surface area contributed by atoms with E-state index in [1.807, 2.05) is 30.0 Å². The average molecular weight is 472 g/mol. The molecule has 2 aliphatic rings. The summed E-state index contributed by atoms with van der Waals surface area (Å²) in [5, 5.41) is 7.12. The number of carbonyl (C=O) groups excluding carboxylic acids is 1. The van der Waals surface area contributed by atoms with Crippen LogP contribution in [0.5, 0.6) is 0 Å². The smallest absolute Gasteiger partial charge is 0.475 e. The van der Waals surface area contributed by atoms with E-state index in [4.69, 9.17) is 23.5 Å². The first-order valence-corrected chi connectivity index (χ1v) is 10.6. The molecule has 2 aromatic rings. The number of fused-ring (bicyclic) bond motifs is 1. The Morgan fingerprint density at radius 1 is 1.24 bits per heavy atom. The molecular formula is C22H27F3N2O6. The van der Waals surface area contributed by atoms with Crippen LogP contribution in [0.15, 0.2) is 39.4 Å². The number of hydrogen-bond donors (Lipinski definition) is 1. The van der Waals surface area contributed by atoms with Crippen LogP contribution >= 0.6 is 0 Å². The van der Waals surface area contributed by atoms with Gasteiger partial charge in [0.25, 0.3) is 5.91 Å². The molecule has 0 bridgehead atoms. The lowest BCUT2D eigenvalue weighted by molar-refractivity contribution is -0.192. The number of likely N-dealkylation sites (N-methyl/N-ethyl adjacent to an activating group) is 1. The van der Waals surface area contributed by atoms with Gasteiger partial charge in [0.05, 0.1) is 25.0 Å². The number of furan rings is 2. The molecule has 11 heteroatoms. The van der Waals surface area contributed by atoms with Gasteiger partial charge in [-0.15, -0.1) is 0 Å². The van der Waals surface area contributed by atoms with E-state index in [0.717, 1.165) is 37.5 Å². The minimum absolute atomic E-state index is 0.0291. The Labute approximate surface area is 188 Å². The highest BCUT2D eigenvalue weighted by atomic mass is 19.4. The van der Waals surface area contributed by atoms with Crippen molar-refractivity contribution < 1.29 is 41.4 Å². The monoisotopic (exact) mass is 472 g/mol. The maximum atomic E-state index is 12.9. The molecule has 2 saturated heterocycles. The second kappa shape index (κ2) is 10.4. The number of likely N-dealkylation sites (tertiary alicyclic amines) is 1. The van der Waals surface area contributed by atoms with Crippen molar-refractivity contribution >= 4 is 11.9 Å². The molecule has 182 valence electrons. The Bertz CT molecular complexity index is 927. The summed E-state index contributed by atoms with van der Waals surface area (Å²) < 4.78 is 48.9. The predicted molar refractivity (Wildman–Crippen MR) is 109 cm³/mol. The molecular weight excluding hydrogens is 445 g/mol. The van der Waals surface area contributed by atoms with Gasteiger partial charge in [-0.2, -0.15) is 13.2 Å². The molecule has 33 heavy (non-hydrogen) atoms. The molecule has 3 atom stereocenters. The lowest BCUT2D eigenvalue weighted by atomic mass is 9.84. The van der Waals surface area contributed by atoms with Crippen LogP contribution in [0.4, 0.5) is 13.2 Å². The molecule has 4 rings (SSSR count). The Kier molecular flexibility index (Phi) is 7.85. The Hall–Kier alpha value is -2.79. The van der Waals surface area contributed by atoms with Gasteiger partial charge in [0, 0.05) is 25.6 Å². The quantitative estimate of drug-likeness (QED) is 0.727. The number of alkyl halides is 3. The Morgan fingerprint density at radius 3 is 2.55 bits per heavy atom. The normalized spacial score (nSPS) is 23.0. The van der Waals surface area contributed by atoms with Gasteiger partial charge < -0.3 is 23.6 Å². The summed E-state index contributed by atoms with van der Waals surface area (Å²) in [5.74, 6) is -0.321. The zero-order valence-electron chi connectivity index (χ0n) is 18.4. The number of ether oxygens (including phenoxy) is 1. The van der Waals surface area contributed by atoms with Gasteiger partial charge in [-0.1, -0.05) is 0 Å². The Balaban J connectivity index is 0.000000383. The van der Waals surface area contributed by atoms with Crippen molar-refractivity contribution in [1.82, 2.24) is 9.80 Å². The van der Waals surface area contributed by atoms with Crippen molar-refractivity contribution in [2.75, 3.05) is 26.7 Å². The van der Waals surface area contributed by atoms with Crippen molar-refractivity contribution in [2.24, 2.45) is 5.92 Å². The maximum absolute atomic E-state index is 12.9. The lowest BCUT2D eigenvalue weighted by Crippen LogP contribution is -2.61. The number of carboxylic acid groups (broad SMARTS) is 1. The highest BCUT2D eigenvalue weighted by molar-refractivity contribution is 5.91. The van der Waals surface area contributed by atoms with Gasteiger partial charge >= 0.3 is 12.1 Å². The Morgan fingerprint density at radius 2 is 1.97 bits per heavy atom. The third-order valence-corrected chi connectivity index (χ3v) is 5.77. The second-order valence-electron chi connectivity index (χ2n) is 8.22. The summed E-state index contributed by atoms with van der Waals surface area (Å²) in [7, 11) is 2.08. The highest BCUT2D eigenvalue weighted by Gasteiger charge is 2.43. The third-order valence-electron chi connectivity index (χ3n) is 5.77. The zero-order chi connectivity index (χ0) is 24.2. The van der Waals surface area contributed by atoms with Crippen LogP contribution in [-0.4, -0.2) is 71.8 Å². The fraction of sp³-hybridized carbons (Fsp3) is 0.545. The van der Waals surface area contributed by atoms with E-state index in [0.29, 0.717) is 24.8 Å². The van der Waals surface area contributed by atoms with Crippen LogP contribution in [-0.2, 0) is 16.1 Å². The summed E-state index contributed by atoms with van der Waals surface area (Å²) in [5.41, 5.74) is 0. The number of rotatable bonds is 4. The first-order chi connectivity index (χ1) is 15.6. The summed E-state index contributed by atoms with van der Waals surface area (Å²) in [6, 6.07) is 7.62. The number of hydrogen-bond acceptors (Lipinski definition) is 6. The van der Waals surface area contributed by atoms with Crippen molar-refractivity contribution in [3.8, 4) is 0 Å². The number of piperidine rings is 1. The van der Waals surface area contributed by atoms with E-state index in [1.165, 1.54) is 0 Å².